The molecule has 0 aromatic carbocycles. The zero-order chi connectivity index (χ0) is 12.7. The summed E-state index contributed by atoms with van der Waals surface area (Å²) in [6, 6.07) is 0. The lowest BCUT2D eigenvalue weighted by molar-refractivity contribution is -0.277. The van der Waals surface area contributed by atoms with Crippen LogP contribution in [0.5, 0.6) is 0 Å². The number of hydrogen-bond donors (Lipinski definition) is 2. The summed E-state index contributed by atoms with van der Waals surface area (Å²) in [5.41, 5.74) is 0. The second-order valence-corrected chi connectivity index (χ2v) is 3.97. The molecular formula is C11H23NO4. The summed E-state index contributed by atoms with van der Waals surface area (Å²) in [4.78, 5) is 16.4. The van der Waals surface area contributed by atoms with Gasteiger partial charge in [-0.3, -0.25) is 4.79 Å². The molecule has 5 nitrogen and oxygen atoms in total. The van der Waals surface area contributed by atoms with Crippen LogP contribution in [0, 0.1) is 5.92 Å². The fourth-order valence-electron chi connectivity index (χ4n) is 1.43. The molecule has 0 aliphatic rings. The predicted octanol–water partition coefficient (Wildman–Crippen LogP) is 1.25. The van der Waals surface area contributed by atoms with Crippen molar-refractivity contribution in [1.82, 2.24) is 5.06 Å². The minimum Gasteiger partial charge on any atom is -0.375 e. The highest BCUT2D eigenvalue weighted by Crippen LogP contribution is 2.14. The van der Waals surface area contributed by atoms with E-state index in [1.165, 1.54) is 13.8 Å². The Kier molecular flexibility index (Phi) is 7.29. The first-order chi connectivity index (χ1) is 7.42. The van der Waals surface area contributed by atoms with E-state index in [4.69, 9.17) is 4.84 Å². The monoisotopic (exact) mass is 233 g/mol. The van der Waals surface area contributed by atoms with E-state index in [-0.39, 0.29) is 5.92 Å². The fraction of sp³-hybridized carbons (Fsp3) is 0.909. The quantitative estimate of drug-likeness (QED) is 0.511. The Balaban J connectivity index is 4.19. The molecule has 0 heterocycles. The molecule has 0 aliphatic carbocycles. The van der Waals surface area contributed by atoms with Gasteiger partial charge in [-0.25, -0.2) is 0 Å². The molecule has 0 aromatic rings. The minimum absolute atomic E-state index is 0.289. The van der Waals surface area contributed by atoms with Gasteiger partial charge in [0.15, 0.2) is 0 Å². The van der Waals surface area contributed by atoms with Gasteiger partial charge < -0.3 is 15.1 Å². The number of hydrogen-bond acceptors (Lipinski definition) is 5. The average molecular weight is 233 g/mol. The van der Waals surface area contributed by atoms with Crippen LogP contribution < -0.4 is 0 Å². The van der Waals surface area contributed by atoms with Gasteiger partial charge in [-0.1, -0.05) is 31.8 Å². The Morgan fingerprint density at radius 1 is 1.19 bits per heavy atom. The summed E-state index contributed by atoms with van der Waals surface area (Å²) < 4.78 is 0. The van der Waals surface area contributed by atoms with Crippen molar-refractivity contribution in [2.45, 2.75) is 59.4 Å². The first-order valence-electron chi connectivity index (χ1n) is 5.77. The summed E-state index contributed by atoms with van der Waals surface area (Å²) in [6.45, 7) is 6.89. The first kappa shape index (κ1) is 15.3. The molecule has 16 heavy (non-hydrogen) atoms. The average Bonchev–Trinajstić information content (AvgIpc) is 2.21. The molecule has 2 unspecified atom stereocenters. The van der Waals surface area contributed by atoms with Gasteiger partial charge in [-0.15, -0.1) is 0 Å². The van der Waals surface area contributed by atoms with E-state index in [1.54, 1.807) is 0 Å². The van der Waals surface area contributed by atoms with E-state index in [9.17, 15) is 15.0 Å². The molecule has 0 bridgehead atoms. The van der Waals surface area contributed by atoms with Crippen molar-refractivity contribution in [3.63, 3.8) is 0 Å². The highest BCUT2D eigenvalue weighted by molar-refractivity contribution is 5.69. The summed E-state index contributed by atoms with van der Waals surface area (Å²) in [5, 5.41) is 19.4. The van der Waals surface area contributed by atoms with E-state index >= 15 is 0 Å². The van der Waals surface area contributed by atoms with Gasteiger partial charge >= 0.3 is 5.97 Å². The lowest BCUT2D eigenvalue weighted by Crippen LogP contribution is -2.41. The molecule has 0 saturated heterocycles. The van der Waals surface area contributed by atoms with E-state index < -0.39 is 18.4 Å². The van der Waals surface area contributed by atoms with Gasteiger partial charge in [0.1, 0.15) is 12.5 Å². The number of carbonyl (C=O) groups excluding carboxylic acids is 1. The lowest BCUT2D eigenvalue weighted by atomic mass is 10.00. The Morgan fingerprint density at radius 3 is 1.94 bits per heavy atom. The Bertz CT molecular complexity index is 194. The van der Waals surface area contributed by atoms with Gasteiger partial charge in [0.25, 0.3) is 0 Å². The number of rotatable bonds is 7. The van der Waals surface area contributed by atoms with Crippen molar-refractivity contribution >= 4 is 5.97 Å². The van der Waals surface area contributed by atoms with Gasteiger partial charge in [-0.05, 0) is 19.8 Å². The summed E-state index contributed by atoms with van der Waals surface area (Å²) in [6.07, 6.45) is 0.0867. The van der Waals surface area contributed by atoms with Gasteiger partial charge in [0, 0.05) is 0 Å². The van der Waals surface area contributed by atoms with Crippen LogP contribution in [0.2, 0.25) is 0 Å². The zero-order valence-electron chi connectivity index (χ0n) is 10.5. The number of aliphatic hydroxyl groups is 2. The molecular weight excluding hydrogens is 210 g/mol. The largest absolute Gasteiger partial charge is 0.375 e. The molecule has 0 amide bonds. The summed E-state index contributed by atoms with van der Waals surface area (Å²) >= 11 is 0. The summed E-state index contributed by atoms with van der Waals surface area (Å²) in [5.74, 6) is -0.132. The molecule has 2 atom stereocenters. The number of hydroxylamine groups is 2. The third kappa shape index (κ3) is 5.44. The SMILES string of the molecule is CCC(CC)CC(=O)ON(C(C)O)C(C)O. The molecule has 2 N–H and O–H groups in total. The van der Waals surface area contributed by atoms with Gasteiger partial charge in [0.2, 0.25) is 0 Å². The van der Waals surface area contributed by atoms with Crippen LogP contribution in [0.1, 0.15) is 47.0 Å². The van der Waals surface area contributed by atoms with E-state index in [0.29, 0.717) is 6.42 Å². The van der Waals surface area contributed by atoms with Gasteiger partial charge in [0.05, 0.1) is 6.42 Å². The van der Waals surface area contributed by atoms with E-state index in [0.717, 1.165) is 17.9 Å². The van der Waals surface area contributed by atoms with Crippen LogP contribution in [0.15, 0.2) is 0 Å². The Morgan fingerprint density at radius 2 is 1.62 bits per heavy atom. The first-order valence-corrected chi connectivity index (χ1v) is 5.77. The molecule has 0 radical (unpaired) electrons. The maximum Gasteiger partial charge on any atom is 0.325 e. The second kappa shape index (κ2) is 7.60. The van der Waals surface area contributed by atoms with Crippen molar-refractivity contribution in [3.05, 3.63) is 0 Å². The lowest BCUT2D eigenvalue weighted by Gasteiger charge is -2.26. The number of carbonyl (C=O) groups is 1. The van der Waals surface area contributed by atoms with E-state index in [1.807, 2.05) is 13.8 Å². The predicted molar refractivity (Wildman–Crippen MR) is 60.0 cm³/mol. The van der Waals surface area contributed by atoms with Crippen LogP contribution in [0.25, 0.3) is 0 Å². The second-order valence-electron chi connectivity index (χ2n) is 3.97. The number of nitrogens with zero attached hydrogens (tertiary/aromatic N) is 1. The van der Waals surface area contributed by atoms with E-state index in [2.05, 4.69) is 0 Å². The molecule has 0 rings (SSSR count). The molecule has 5 heteroatoms. The molecule has 0 aromatic heterocycles. The molecule has 96 valence electrons. The van der Waals surface area contributed by atoms with Crippen molar-refractivity contribution in [1.29, 1.82) is 0 Å². The van der Waals surface area contributed by atoms with Crippen molar-refractivity contribution in [3.8, 4) is 0 Å². The topological polar surface area (TPSA) is 70.0 Å². The van der Waals surface area contributed by atoms with Crippen LogP contribution in [-0.2, 0) is 9.63 Å². The molecule has 0 spiro atoms. The van der Waals surface area contributed by atoms with Crippen LogP contribution in [-0.4, -0.2) is 33.7 Å². The fourth-order valence-corrected chi connectivity index (χ4v) is 1.43. The van der Waals surface area contributed by atoms with Crippen LogP contribution in [0.4, 0.5) is 0 Å². The molecule has 0 aliphatic heterocycles. The standard InChI is InChI=1S/C11H23NO4/c1-5-10(6-2)7-11(15)16-12(8(3)13)9(4)14/h8-10,13-14H,5-7H2,1-4H3. The normalized spacial score (nSPS) is 15.2. The van der Waals surface area contributed by atoms with Crippen LogP contribution >= 0.6 is 0 Å². The maximum atomic E-state index is 11.5. The third-order valence-corrected chi connectivity index (χ3v) is 2.55. The Labute approximate surface area is 97.0 Å². The molecule has 0 saturated carbocycles. The van der Waals surface area contributed by atoms with Crippen molar-refractivity contribution < 1.29 is 19.8 Å². The Hall–Kier alpha value is -0.650. The highest BCUT2D eigenvalue weighted by atomic mass is 16.7. The number of aliphatic hydroxyl groups excluding tert-OH is 2. The zero-order valence-corrected chi connectivity index (χ0v) is 10.5. The minimum atomic E-state index is -1.02. The van der Waals surface area contributed by atoms with Crippen molar-refractivity contribution in [2.75, 3.05) is 0 Å². The van der Waals surface area contributed by atoms with Crippen molar-refractivity contribution in [2.24, 2.45) is 5.92 Å². The maximum absolute atomic E-state index is 11.5. The smallest absolute Gasteiger partial charge is 0.325 e. The third-order valence-electron chi connectivity index (χ3n) is 2.55. The van der Waals surface area contributed by atoms with Gasteiger partial charge in [-0.2, -0.15) is 0 Å². The van der Waals surface area contributed by atoms with Crippen LogP contribution in [0.3, 0.4) is 0 Å². The molecule has 0 fully saturated rings. The summed E-state index contributed by atoms with van der Waals surface area (Å²) in [7, 11) is 0. The highest BCUT2D eigenvalue weighted by Gasteiger charge is 2.22.